The number of carbonyl (C=O) groups excluding carboxylic acids is 1. The Morgan fingerprint density at radius 2 is 1.49 bits per heavy atom. The molecule has 0 radical (unpaired) electrons. The number of amides is 2. The van der Waals surface area contributed by atoms with Gasteiger partial charge in [-0.2, -0.15) is 0 Å². The van der Waals surface area contributed by atoms with Crippen molar-refractivity contribution in [1.29, 1.82) is 0 Å². The molecule has 0 aliphatic carbocycles. The molecule has 2 unspecified atom stereocenters. The van der Waals surface area contributed by atoms with Crippen LogP contribution in [0, 0.1) is 0 Å². The first-order valence-corrected chi connectivity index (χ1v) is 14.3. The van der Waals surface area contributed by atoms with Crippen LogP contribution in [0.25, 0.3) is 10.8 Å². The molecule has 4 aromatic rings. The van der Waals surface area contributed by atoms with Crippen LogP contribution in [0.5, 0.6) is 0 Å². The van der Waals surface area contributed by atoms with Gasteiger partial charge >= 0.3 is 6.03 Å². The summed E-state index contributed by atoms with van der Waals surface area (Å²) in [5.74, 6) is 0. The Balaban J connectivity index is 0.00000172. The lowest BCUT2D eigenvalue weighted by atomic mass is 10.00. The van der Waals surface area contributed by atoms with E-state index in [9.17, 15) is 4.79 Å². The highest BCUT2D eigenvalue weighted by atomic mass is 16.2. The molecule has 2 amide bonds. The second kappa shape index (κ2) is 14.5. The van der Waals surface area contributed by atoms with Gasteiger partial charge in [-0.1, -0.05) is 111 Å². The average Bonchev–Trinajstić information content (AvgIpc) is 3.52. The van der Waals surface area contributed by atoms with E-state index in [1.165, 1.54) is 21.9 Å². The number of hydrogen-bond donors (Lipinski definition) is 3. The first-order chi connectivity index (χ1) is 19.2. The van der Waals surface area contributed by atoms with Crippen LogP contribution in [0.15, 0.2) is 97.1 Å². The van der Waals surface area contributed by atoms with Gasteiger partial charge in [0.15, 0.2) is 0 Å². The highest BCUT2D eigenvalue weighted by molar-refractivity contribution is 5.86. The van der Waals surface area contributed by atoms with Gasteiger partial charge in [0, 0.05) is 32.2 Å². The van der Waals surface area contributed by atoms with E-state index >= 15 is 0 Å². The molecule has 5 rings (SSSR count). The smallest absolute Gasteiger partial charge is 0.318 e. The zero-order valence-electron chi connectivity index (χ0n) is 23.5. The maximum atomic E-state index is 13.6. The molecule has 1 fully saturated rings. The van der Waals surface area contributed by atoms with Crippen LogP contribution in [0.3, 0.4) is 0 Å². The molecule has 0 spiro atoms. The normalized spacial score (nSPS) is 15.3. The summed E-state index contributed by atoms with van der Waals surface area (Å²) >= 11 is 0. The van der Waals surface area contributed by atoms with E-state index in [1.54, 1.807) is 0 Å². The number of urea groups is 1. The molecule has 0 saturated carbocycles. The van der Waals surface area contributed by atoms with E-state index in [1.807, 2.05) is 24.8 Å². The molecule has 5 heteroatoms. The van der Waals surface area contributed by atoms with Crippen LogP contribution in [-0.4, -0.2) is 30.1 Å². The first-order valence-electron chi connectivity index (χ1n) is 14.3. The summed E-state index contributed by atoms with van der Waals surface area (Å²) in [7, 11) is 0. The van der Waals surface area contributed by atoms with Crippen molar-refractivity contribution in [3.63, 3.8) is 0 Å². The zero-order valence-corrected chi connectivity index (χ0v) is 23.5. The predicted octanol–water partition coefficient (Wildman–Crippen LogP) is 6.79. The van der Waals surface area contributed by atoms with E-state index in [0.29, 0.717) is 6.54 Å². The van der Waals surface area contributed by atoms with Crippen LogP contribution < -0.4 is 16.0 Å². The minimum Gasteiger partial charge on any atom is -0.331 e. The summed E-state index contributed by atoms with van der Waals surface area (Å²) in [5.41, 5.74) is 4.81. The van der Waals surface area contributed by atoms with Crippen molar-refractivity contribution in [2.45, 2.75) is 58.9 Å². The molecule has 2 atom stereocenters. The van der Waals surface area contributed by atoms with Crippen molar-refractivity contribution in [1.82, 2.24) is 20.9 Å². The van der Waals surface area contributed by atoms with Crippen molar-refractivity contribution in [3.8, 4) is 0 Å². The molecule has 1 heterocycles. The molecular formula is C34H42N4O. The van der Waals surface area contributed by atoms with Gasteiger partial charge < -0.3 is 20.9 Å². The van der Waals surface area contributed by atoms with E-state index in [-0.39, 0.29) is 18.1 Å². The number of carbonyl (C=O) groups is 1. The van der Waals surface area contributed by atoms with Gasteiger partial charge in [0.1, 0.15) is 0 Å². The molecule has 39 heavy (non-hydrogen) atoms. The fraction of sp³-hybridized carbons (Fsp3) is 0.324. The molecule has 3 N–H and O–H groups in total. The first kappa shape index (κ1) is 28.3. The van der Waals surface area contributed by atoms with Gasteiger partial charge in [0.25, 0.3) is 0 Å². The SMILES string of the molecule is CC.CC(NC(=O)N(Cc1ccc(CNCc2ccccc2)cc1)C1CCNC1)c1cccc2ccccc12. The number of fused-ring (bicyclic) bond motifs is 1. The van der Waals surface area contributed by atoms with Crippen LogP contribution >= 0.6 is 0 Å². The average molecular weight is 523 g/mol. The van der Waals surface area contributed by atoms with Gasteiger partial charge in [0.2, 0.25) is 0 Å². The predicted molar refractivity (Wildman–Crippen MR) is 162 cm³/mol. The minimum atomic E-state index is -0.0893. The van der Waals surface area contributed by atoms with Crippen LogP contribution in [0.4, 0.5) is 4.79 Å². The van der Waals surface area contributed by atoms with Crippen molar-refractivity contribution >= 4 is 16.8 Å². The van der Waals surface area contributed by atoms with Crippen LogP contribution in [-0.2, 0) is 19.6 Å². The molecule has 0 aromatic heterocycles. The minimum absolute atomic E-state index is 0.0114. The lowest BCUT2D eigenvalue weighted by molar-refractivity contribution is 0.172. The summed E-state index contributed by atoms with van der Waals surface area (Å²) in [4.78, 5) is 15.6. The summed E-state index contributed by atoms with van der Waals surface area (Å²) in [6, 6.07) is 33.8. The van der Waals surface area contributed by atoms with E-state index < -0.39 is 0 Å². The summed E-state index contributed by atoms with van der Waals surface area (Å²) in [6.45, 7) is 10.1. The Labute approximate surface area is 233 Å². The molecule has 0 bridgehead atoms. The summed E-state index contributed by atoms with van der Waals surface area (Å²) in [5, 5.41) is 12.6. The van der Waals surface area contributed by atoms with Crippen LogP contribution in [0.1, 0.15) is 55.5 Å². The Bertz CT molecular complexity index is 1290. The fourth-order valence-electron chi connectivity index (χ4n) is 5.15. The van der Waals surface area contributed by atoms with Gasteiger partial charge in [-0.25, -0.2) is 4.79 Å². The molecule has 1 saturated heterocycles. The third-order valence-electron chi connectivity index (χ3n) is 7.24. The number of nitrogens with zero attached hydrogens (tertiary/aromatic N) is 1. The fourth-order valence-corrected chi connectivity index (χ4v) is 5.15. The third-order valence-corrected chi connectivity index (χ3v) is 7.24. The summed E-state index contributed by atoms with van der Waals surface area (Å²) in [6.07, 6.45) is 0.970. The number of rotatable bonds is 9. The van der Waals surface area contributed by atoms with E-state index in [0.717, 1.165) is 43.7 Å². The Morgan fingerprint density at radius 3 is 2.21 bits per heavy atom. The van der Waals surface area contributed by atoms with Gasteiger partial charge in [-0.15, -0.1) is 0 Å². The van der Waals surface area contributed by atoms with Gasteiger partial charge in [-0.05, 0) is 52.9 Å². The third kappa shape index (κ3) is 7.69. The van der Waals surface area contributed by atoms with Crippen molar-refractivity contribution in [2.75, 3.05) is 13.1 Å². The Morgan fingerprint density at radius 1 is 0.846 bits per heavy atom. The highest BCUT2D eigenvalue weighted by Gasteiger charge is 2.28. The monoisotopic (exact) mass is 522 g/mol. The lowest BCUT2D eigenvalue weighted by Crippen LogP contribution is -2.47. The molecule has 1 aliphatic rings. The van der Waals surface area contributed by atoms with E-state index in [2.05, 4.69) is 114 Å². The number of nitrogens with one attached hydrogen (secondary N) is 3. The van der Waals surface area contributed by atoms with Crippen LogP contribution in [0.2, 0.25) is 0 Å². The van der Waals surface area contributed by atoms with Gasteiger partial charge in [0.05, 0.1) is 6.04 Å². The standard InChI is InChI=1S/C32H36N4O.C2H6/c1-24(30-13-7-11-28-10-5-6-12-31(28)30)35-32(37)36(29-18-19-33-22-29)23-27-16-14-26(15-17-27)21-34-20-25-8-3-2-4-9-25;1-2/h2-17,24,29,33-34H,18-23H2,1H3,(H,35,37);1-2H3. The molecule has 5 nitrogen and oxygen atoms in total. The highest BCUT2D eigenvalue weighted by Crippen LogP contribution is 2.25. The van der Waals surface area contributed by atoms with Crippen molar-refractivity contribution in [3.05, 3.63) is 119 Å². The Kier molecular flexibility index (Phi) is 10.5. The topological polar surface area (TPSA) is 56.4 Å². The molecule has 4 aromatic carbocycles. The quantitative estimate of drug-likeness (QED) is 0.227. The number of benzene rings is 4. The number of hydrogen-bond acceptors (Lipinski definition) is 3. The molecule has 1 aliphatic heterocycles. The van der Waals surface area contributed by atoms with Crippen molar-refractivity contribution < 1.29 is 4.79 Å². The van der Waals surface area contributed by atoms with Gasteiger partial charge in [-0.3, -0.25) is 0 Å². The molecule has 204 valence electrons. The second-order valence-corrected chi connectivity index (χ2v) is 9.92. The van der Waals surface area contributed by atoms with E-state index in [4.69, 9.17) is 0 Å². The summed E-state index contributed by atoms with van der Waals surface area (Å²) < 4.78 is 0. The molecular weight excluding hydrogens is 480 g/mol. The Hall–Kier alpha value is -3.67. The second-order valence-electron chi connectivity index (χ2n) is 9.92. The maximum absolute atomic E-state index is 13.6. The zero-order chi connectivity index (χ0) is 27.5. The van der Waals surface area contributed by atoms with Crippen molar-refractivity contribution in [2.24, 2.45) is 0 Å². The largest absolute Gasteiger partial charge is 0.331 e. The maximum Gasteiger partial charge on any atom is 0.318 e. The lowest BCUT2D eigenvalue weighted by Gasteiger charge is -2.30.